The molecule has 0 saturated heterocycles. The van der Waals surface area contributed by atoms with Crippen molar-refractivity contribution in [3.8, 4) is 0 Å². The lowest BCUT2D eigenvalue weighted by molar-refractivity contribution is -0.140. The van der Waals surface area contributed by atoms with Gasteiger partial charge < -0.3 is 9.84 Å². The minimum absolute atomic E-state index is 0.0594. The number of rotatable bonds is 20. The molecule has 1 N–H and O–H groups in total. The van der Waals surface area contributed by atoms with Gasteiger partial charge in [-0.3, -0.25) is 4.79 Å². The van der Waals surface area contributed by atoms with E-state index in [1.807, 2.05) is 0 Å². The number of hydrogen-bond acceptors (Lipinski definition) is 3. The molecule has 0 amide bonds. The van der Waals surface area contributed by atoms with Crippen LogP contribution in [0.5, 0.6) is 0 Å². The molecule has 0 bridgehead atoms. The first kappa shape index (κ1) is 25.4. The van der Waals surface area contributed by atoms with Gasteiger partial charge in [-0.2, -0.15) is 0 Å². The highest BCUT2D eigenvalue weighted by molar-refractivity contribution is 5.68. The maximum atomic E-state index is 11.0. The van der Waals surface area contributed by atoms with Crippen molar-refractivity contribution in [3.05, 3.63) is 0 Å². The fraction of sp³-hybridized carbons (Fsp3) is 0.957. The predicted octanol–water partition coefficient (Wildman–Crippen LogP) is 6.95. The van der Waals surface area contributed by atoms with Crippen molar-refractivity contribution in [1.82, 2.24) is 0 Å². The molecule has 0 spiro atoms. The van der Waals surface area contributed by atoms with E-state index < -0.39 is 0 Å². The molecule has 0 radical (unpaired) electrons. The molecule has 0 aliphatic heterocycles. The summed E-state index contributed by atoms with van der Waals surface area (Å²) >= 11 is 0. The quantitative estimate of drug-likeness (QED) is 0.186. The largest absolute Gasteiger partial charge is 0.469 e. The van der Waals surface area contributed by atoms with Gasteiger partial charge in [0.2, 0.25) is 0 Å². The Hall–Kier alpha value is -0.570. The Morgan fingerprint density at radius 3 is 1.50 bits per heavy atom. The summed E-state index contributed by atoms with van der Waals surface area (Å²) in [6.07, 6.45) is 22.8. The average Bonchev–Trinajstić information content (AvgIpc) is 2.65. The summed E-state index contributed by atoms with van der Waals surface area (Å²) in [5, 5.41) is 9.99. The van der Waals surface area contributed by atoms with Crippen LogP contribution >= 0.6 is 0 Å². The minimum Gasteiger partial charge on any atom is -0.469 e. The second kappa shape index (κ2) is 20.7. The molecule has 1 atom stereocenters. The Labute approximate surface area is 163 Å². The van der Waals surface area contributed by atoms with E-state index >= 15 is 0 Å². The number of esters is 1. The molecular weight excluding hydrogens is 324 g/mol. The van der Waals surface area contributed by atoms with Crippen LogP contribution in [0.3, 0.4) is 0 Å². The molecular formula is C23H46O3. The highest BCUT2D eigenvalue weighted by Crippen LogP contribution is 2.15. The van der Waals surface area contributed by atoms with E-state index in [0.29, 0.717) is 6.42 Å². The number of ether oxygens (including phenoxy) is 1. The zero-order valence-corrected chi connectivity index (χ0v) is 17.8. The maximum Gasteiger partial charge on any atom is 0.305 e. The lowest BCUT2D eigenvalue weighted by Gasteiger charge is -2.10. The lowest BCUT2D eigenvalue weighted by atomic mass is 10.0. The van der Waals surface area contributed by atoms with Crippen LogP contribution in [0.25, 0.3) is 0 Å². The van der Waals surface area contributed by atoms with Crippen molar-refractivity contribution >= 4 is 5.97 Å². The van der Waals surface area contributed by atoms with Crippen LogP contribution in [0.4, 0.5) is 0 Å². The third-order valence-corrected chi connectivity index (χ3v) is 5.29. The van der Waals surface area contributed by atoms with Gasteiger partial charge in [-0.25, -0.2) is 0 Å². The first-order chi connectivity index (χ1) is 12.7. The van der Waals surface area contributed by atoms with E-state index in [-0.39, 0.29) is 12.1 Å². The number of aliphatic hydroxyl groups is 1. The molecule has 0 rings (SSSR count). The first-order valence-corrected chi connectivity index (χ1v) is 11.5. The normalized spacial score (nSPS) is 12.3. The first-order valence-electron chi connectivity index (χ1n) is 11.5. The second-order valence-electron chi connectivity index (χ2n) is 7.86. The van der Waals surface area contributed by atoms with Gasteiger partial charge in [0.15, 0.2) is 0 Å². The average molecular weight is 371 g/mol. The number of aliphatic hydroxyl groups excluding tert-OH is 1. The Bertz CT molecular complexity index is 291. The zero-order valence-electron chi connectivity index (χ0n) is 17.8. The van der Waals surface area contributed by atoms with Gasteiger partial charge in [0, 0.05) is 6.42 Å². The number of hydrogen-bond donors (Lipinski definition) is 1. The third-order valence-electron chi connectivity index (χ3n) is 5.29. The molecule has 1 unspecified atom stereocenters. The smallest absolute Gasteiger partial charge is 0.305 e. The van der Waals surface area contributed by atoms with Crippen molar-refractivity contribution in [2.24, 2.45) is 0 Å². The lowest BCUT2D eigenvalue weighted by Crippen LogP contribution is -2.05. The standard InChI is InChI=1S/C23H46O3/c1-3-4-5-13-16-19-22(24)20-17-14-11-9-7-6-8-10-12-15-18-21-23(25)26-2/h22,24H,3-21H2,1-2H3. The van der Waals surface area contributed by atoms with Crippen molar-refractivity contribution in [2.75, 3.05) is 7.11 Å². The Balaban J connectivity index is 3.13. The summed E-state index contributed by atoms with van der Waals surface area (Å²) in [6, 6.07) is 0. The van der Waals surface area contributed by atoms with Crippen LogP contribution in [0.15, 0.2) is 0 Å². The summed E-state index contributed by atoms with van der Waals surface area (Å²) in [7, 11) is 1.46. The number of unbranched alkanes of at least 4 members (excludes halogenated alkanes) is 14. The van der Waals surface area contributed by atoms with Crippen molar-refractivity contribution in [1.29, 1.82) is 0 Å². The zero-order chi connectivity index (χ0) is 19.3. The van der Waals surface area contributed by atoms with Gasteiger partial charge in [0.05, 0.1) is 13.2 Å². The van der Waals surface area contributed by atoms with Gasteiger partial charge in [0.1, 0.15) is 0 Å². The van der Waals surface area contributed by atoms with Gasteiger partial charge >= 0.3 is 5.97 Å². The summed E-state index contributed by atoms with van der Waals surface area (Å²) in [6.45, 7) is 2.24. The molecule has 0 heterocycles. The summed E-state index contributed by atoms with van der Waals surface area (Å²) < 4.78 is 4.64. The molecule has 26 heavy (non-hydrogen) atoms. The van der Waals surface area contributed by atoms with Crippen LogP contribution < -0.4 is 0 Å². The molecule has 0 aromatic rings. The van der Waals surface area contributed by atoms with E-state index in [1.165, 1.54) is 97.0 Å². The van der Waals surface area contributed by atoms with Crippen LogP contribution in [-0.4, -0.2) is 24.3 Å². The fourth-order valence-corrected chi connectivity index (χ4v) is 3.47. The molecule has 3 nitrogen and oxygen atoms in total. The van der Waals surface area contributed by atoms with Gasteiger partial charge in [-0.05, 0) is 19.3 Å². The summed E-state index contributed by atoms with van der Waals surface area (Å²) in [4.78, 5) is 11.0. The monoisotopic (exact) mass is 370 g/mol. The second-order valence-corrected chi connectivity index (χ2v) is 7.86. The maximum absolute atomic E-state index is 11.0. The van der Waals surface area contributed by atoms with E-state index in [0.717, 1.165) is 25.7 Å². The van der Waals surface area contributed by atoms with E-state index in [2.05, 4.69) is 11.7 Å². The fourth-order valence-electron chi connectivity index (χ4n) is 3.47. The van der Waals surface area contributed by atoms with Gasteiger partial charge in [-0.15, -0.1) is 0 Å². The Morgan fingerprint density at radius 2 is 1.08 bits per heavy atom. The molecule has 0 fully saturated rings. The van der Waals surface area contributed by atoms with Gasteiger partial charge in [0.25, 0.3) is 0 Å². The number of carbonyl (C=O) groups is 1. The third kappa shape index (κ3) is 19.8. The highest BCUT2D eigenvalue weighted by Gasteiger charge is 2.03. The van der Waals surface area contributed by atoms with Crippen LogP contribution in [0, 0.1) is 0 Å². The number of methoxy groups -OCH3 is 1. The van der Waals surface area contributed by atoms with Crippen LogP contribution in [0.2, 0.25) is 0 Å². The molecule has 0 saturated carbocycles. The van der Waals surface area contributed by atoms with Gasteiger partial charge in [-0.1, -0.05) is 103 Å². The van der Waals surface area contributed by atoms with Crippen LogP contribution in [0.1, 0.15) is 129 Å². The molecule has 3 heteroatoms. The molecule has 0 aliphatic rings. The summed E-state index contributed by atoms with van der Waals surface area (Å²) in [5.41, 5.74) is 0. The highest BCUT2D eigenvalue weighted by atomic mass is 16.5. The van der Waals surface area contributed by atoms with Crippen LogP contribution in [-0.2, 0) is 9.53 Å². The van der Waals surface area contributed by atoms with E-state index in [4.69, 9.17) is 0 Å². The van der Waals surface area contributed by atoms with E-state index in [1.54, 1.807) is 0 Å². The minimum atomic E-state index is -0.0792. The molecule has 0 aliphatic carbocycles. The molecule has 156 valence electrons. The topological polar surface area (TPSA) is 46.5 Å². The summed E-state index contributed by atoms with van der Waals surface area (Å²) in [5.74, 6) is -0.0792. The van der Waals surface area contributed by atoms with E-state index in [9.17, 15) is 9.90 Å². The SMILES string of the molecule is CCCCCCCC(O)CCCCCCCCCCCCCC(=O)OC. The predicted molar refractivity (Wildman–Crippen MR) is 111 cm³/mol. The molecule has 0 aromatic heterocycles. The van der Waals surface area contributed by atoms with Crippen molar-refractivity contribution < 1.29 is 14.6 Å². The Kier molecular flexibility index (Phi) is 20.3. The number of carbonyl (C=O) groups excluding carboxylic acids is 1. The van der Waals surface area contributed by atoms with Crippen molar-refractivity contribution in [3.63, 3.8) is 0 Å². The molecule has 0 aromatic carbocycles. The Morgan fingerprint density at radius 1 is 0.692 bits per heavy atom. The van der Waals surface area contributed by atoms with Crippen molar-refractivity contribution in [2.45, 2.75) is 135 Å².